The van der Waals surface area contributed by atoms with E-state index in [0.29, 0.717) is 17.1 Å². The quantitative estimate of drug-likeness (QED) is 0.653. The van der Waals surface area contributed by atoms with Gasteiger partial charge in [-0.05, 0) is 55.0 Å². The highest BCUT2D eigenvalue weighted by molar-refractivity contribution is 6.30. The molecule has 30 heavy (non-hydrogen) atoms. The fourth-order valence-electron chi connectivity index (χ4n) is 4.73. The summed E-state index contributed by atoms with van der Waals surface area (Å²) in [5.41, 5.74) is 2.02. The second kappa shape index (κ2) is 9.05. The van der Waals surface area contributed by atoms with Crippen LogP contribution in [0, 0.1) is 5.92 Å². The molecular weight excluding hydrogens is 398 g/mol. The number of carbonyl (C=O) groups is 2. The Hall–Kier alpha value is -2.59. The summed E-state index contributed by atoms with van der Waals surface area (Å²) < 4.78 is 0. The van der Waals surface area contributed by atoms with Crippen molar-refractivity contribution in [2.75, 3.05) is 4.90 Å². The molecule has 156 valence electrons. The Morgan fingerprint density at radius 3 is 2.33 bits per heavy atom. The Bertz CT molecular complexity index is 946. The molecule has 5 heteroatoms. The van der Waals surface area contributed by atoms with Crippen molar-refractivity contribution < 1.29 is 14.7 Å². The number of aliphatic hydroxyl groups is 1. The van der Waals surface area contributed by atoms with Crippen LogP contribution in [-0.4, -0.2) is 22.8 Å². The molecule has 1 aliphatic heterocycles. The summed E-state index contributed by atoms with van der Waals surface area (Å²) in [4.78, 5) is 27.9. The molecular formula is C25H26ClNO3. The van der Waals surface area contributed by atoms with Gasteiger partial charge in [-0.15, -0.1) is 0 Å². The predicted octanol–water partition coefficient (Wildman–Crippen LogP) is 5.65. The van der Waals surface area contributed by atoms with Gasteiger partial charge in [-0.1, -0.05) is 61.2 Å². The van der Waals surface area contributed by atoms with Crippen LogP contribution in [0.4, 0.5) is 5.69 Å². The average molecular weight is 424 g/mol. The first-order valence-corrected chi connectivity index (χ1v) is 11.0. The summed E-state index contributed by atoms with van der Waals surface area (Å²) in [6.45, 7) is 0. The number of carbonyl (C=O) groups excluding carboxylic acids is 2. The molecule has 1 fully saturated rings. The third-order valence-corrected chi connectivity index (χ3v) is 6.49. The summed E-state index contributed by atoms with van der Waals surface area (Å²) in [5.74, 6) is -0.856. The number of nitrogens with zero attached hydrogens (tertiary/aromatic N) is 1. The fourth-order valence-corrected chi connectivity index (χ4v) is 4.86. The zero-order valence-corrected chi connectivity index (χ0v) is 17.6. The van der Waals surface area contributed by atoms with Gasteiger partial charge in [-0.2, -0.15) is 0 Å². The van der Waals surface area contributed by atoms with Crippen molar-refractivity contribution in [1.82, 2.24) is 0 Å². The Morgan fingerprint density at radius 1 is 1.00 bits per heavy atom. The first kappa shape index (κ1) is 20.7. The van der Waals surface area contributed by atoms with Gasteiger partial charge < -0.3 is 5.11 Å². The number of ketones is 1. The molecule has 0 saturated heterocycles. The van der Waals surface area contributed by atoms with Gasteiger partial charge in [0.25, 0.3) is 5.91 Å². The summed E-state index contributed by atoms with van der Waals surface area (Å²) in [6, 6.07) is 16.4. The van der Waals surface area contributed by atoms with Gasteiger partial charge in [0.05, 0.1) is 11.6 Å². The lowest BCUT2D eigenvalue weighted by Crippen LogP contribution is -2.42. The molecule has 1 atom stereocenters. The molecule has 1 saturated carbocycles. The van der Waals surface area contributed by atoms with Crippen LogP contribution >= 0.6 is 11.6 Å². The van der Waals surface area contributed by atoms with E-state index in [9.17, 15) is 14.7 Å². The van der Waals surface area contributed by atoms with E-state index < -0.39 is 17.7 Å². The van der Waals surface area contributed by atoms with E-state index in [1.54, 1.807) is 29.2 Å². The van der Waals surface area contributed by atoms with Crippen molar-refractivity contribution >= 4 is 29.0 Å². The van der Waals surface area contributed by atoms with Crippen LogP contribution in [0.15, 0.2) is 65.9 Å². The summed E-state index contributed by atoms with van der Waals surface area (Å²) in [6.07, 6.45) is 6.09. The first-order valence-electron chi connectivity index (χ1n) is 10.7. The zero-order valence-electron chi connectivity index (χ0n) is 16.9. The Morgan fingerprint density at radius 2 is 1.67 bits per heavy atom. The summed E-state index contributed by atoms with van der Waals surface area (Å²) in [5, 5.41) is 11.3. The number of aryl methyl sites for hydroxylation is 1. The molecule has 2 aliphatic rings. The molecule has 0 bridgehead atoms. The normalized spacial score (nSPS) is 20.1. The van der Waals surface area contributed by atoms with E-state index in [-0.39, 0.29) is 23.7 Å². The Labute approximate surface area is 182 Å². The SMILES string of the molecule is O=C(CCc1ccccc1)C1=C(O)C(=O)N(c2ccc(Cl)cc2)C1C1CCCCC1. The molecule has 0 spiro atoms. The van der Waals surface area contributed by atoms with Crippen molar-refractivity contribution in [3.63, 3.8) is 0 Å². The van der Waals surface area contributed by atoms with E-state index in [1.807, 2.05) is 30.3 Å². The van der Waals surface area contributed by atoms with Crippen LogP contribution in [0.3, 0.4) is 0 Å². The lowest BCUT2D eigenvalue weighted by atomic mass is 9.79. The number of anilines is 1. The van der Waals surface area contributed by atoms with Gasteiger partial charge in [0.1, 0.15) is 0 Å². The number of hydrogen-bond acceptors (Lipinski definition) is 3. The van der Waals surface area contributed by atoms with Crippen LogP contribution in [0.1, 0.15) is 44.1 Å². The van der Waals surface area contributed by atoms with Gasteiger partial charge in [-0.3, -0.25) is 14.5 Å². The number of hydrogen-bond donors (Lipinski definition) is 1. The van der Waals surface area contributed by atoms with Crippen LogP contribution in [0.25, 0.3) is 0 Å². The molecule has 1 N–H and O–H groups in total. The third kappa shape index (κ3) is 4.15. The van der Waals surface area contributed by atoms with Crippen molar-refractivity contribution in [3.05, 3.63) is 76.5 Å². The van der Waals surface area contributed by atoms with E-state index in [1.165, 1.54) is 6.42 Å². The maximum absolute atomic E-state index is 13.2. The highest BCUT2D eigenvalue weighted by Crippen LogP contribution is 2.40. The number of Topliss-reactive ketones (excluding diaryl/α,β-unsaturated/α-hetero) is 1. The smallest absolute Gasteiger partial charge is 0.294 e. The third-order valence-electron chi connectivity index (χ3n) is 6.24. The van der Waals surface area contributed by atoms with Crippen LogP contribution in [0.2, 0.25) is 5.02 Å². The molecule has 1 unspecified atom stereocenters. The van der Waals surface area contributed by atoms with Crippen LogP contribution in [-0.2, 0) is 16.0 Å². The highest BCUT2D eigenvalue weighted by atomic mass is 35.5. The molecule has 1 amide bonds. The standard InChI is InChI=1S/C25H26ClNO3/c26-19-12-14-20(15-13-19)27-23(18-9-5-2-6-10-18)22(24(29)25(27)30)21(28)16-11-17-7-3-1-4-8-17/h1,3-4,7-8,12-15,18,23,29H,2,5-6,9-11,16H2. The molecule has 2 aromatic rings. The number of rotatable bonds is 6. The number of aliphatic hydroxyl groups excluding tert-OH is 1. The van der Waals surface area contributed by atoms with Crippen molar-refractivity contribution in [1.29, 1.82) is 0 Å². The van der Waals surface area contributed by atoms with E-state index >= 15 is 0 Å². The van der Waals surface area contributed by atoms with Gasteiger partial charge in [0, 0.05) is 17.1 Å². The van der Waals surface area contributed by atoms with Gasteiger partial charge in [-0.25, -0.2) is 0 Å². The highest BCUT2D eigenvalue weighted by Gasteiger charge is 2.46. The molecule has 2 aromatic carbocycles. The topological polar surface area (TPSA) is 57.6 Å². The molecule has 1 aliphatic carbocycles. The summed E-state index contributed by atoms with van der Waals surface area (Å²) in [7, 11) is 0. The number of amides is 1. The largest absolute Gasteiger partial charge is 0.503 e. The number of benzene rings is 2. The maximum atomic E-state index is 13.2. The minimum atomic E-state index is -0.490. The average Bonchev–Trinajstić information content (AvgIpc) is 3.05. The second-order valence-electron chi connectivity index (χ2n) is 8.17. The molecule has 4 nitrogen and oxygen atoms in total. The fraction of sp³-hybridized carbons (Fsp3) is 0.360. The van der Waals surface area contributed by atoms with Gasteiger partial charge in [0.15, 0.2) is 11.5 Å². The van der Waals surface area contributed by atoms with E-state index in [0.717, 1.165) is 31.2 Å². The first-order chi connectivity index (χ1) is 14.6. The molecule has 0 radical (unpaired) electrons. The van der Waals surface area contributed by atoms with Gasteiger partial charge in [0.2, 0.25) is 0 Å². The van der Waals surface area contributed by atoms with E-state index in [4.69, 9.17) is 11.6 Å². The zero-order chi connectivity index (χ0) is 21.1. The Balaban J connectivity index is 1.64. The lowest BCUT2D eigenvalue weighted by molar-refractivity contribution is -0.118. The van der Waals surface area contributed by atoms with Crippen LogP contribution < -0.4 is 4.90 Å². The van der Waals surface area contributed by atoms with Crippen molar-refractivity contribution in [2.45, 2.75) is 51.0 Å². The van der Waals surface area contributed by atoms with E-state index in [2.05, 4.69) is 0 Å². The lowest BCUT2D eigenvalue weighted by Gasteiger charge is -2.35. The second-order valence-corrected chi connectivity index (χ2v) is 8.60. The van der Waals surface area contributed by atoms with Crippen molar-refractivity contribution in [3.8, 4) is 0 Å². The number of halogens is 1. The van der Waals surface area contributed by atoms with Crippen LogP contribution in [0.5, 0.6) is 0 Å². The van der Waals surface area contributed by atoms with Crippen molar-refractivity contribution in [2.24, 2.45) is 5.92 Å². The summed E-state index contributed by atoms with van der Waals surface area (Å²) >= 11 is 6.03. The minimum absolute atomic E-state index is 0.142. The maximum Gasteiger partial charge on any atom is 0.294 e. The monoisotopic (exact) mass is 423 g/mol. The minimum Gasteiger partial charge on any atom is -0.503 e. The molecule has 1 heterocycles. The molecule has 4 rings (SSSR count). The Kier molecular flexibility index (Phi) is 6.24. The predicted molar refractivity (Wildman–Crippen MR) is 119 cm³/mol. The van der Waals surface area contributed by atoms with Gasteiger partial charge >= 0.3 is 0 Å². The molecule has 0 aromatic heterocycles.